The highest BCUT2D eigenvalue weighted by molar-refractivity contribution is 5.43. The molecule has 1 rings (SSSR count). The van der Waals surface area contributed by atoms with Crippen LogP contribution in [0.4, 0.5) is 13.2 Å². The third kappa shape index (κ3) is 3.05. The van der Waals surface area contributed by atoms with E-state index in [1.54, 1.807) is 27.7 Å². The Balaban J connectivity index is 3.37. The maximum atomic E-state index is 13.0. The highest BCUT2D eigenvalue weighted by Crippen LogP contribution is 2.46. The zero-order chi connectivity index (χ0) is 13.4. The minimum absolute atomic E-state index is 0.146. The van der Waals surface area contributed by atoms with Gasteiger partial charge >= 0.3 is 6.18 Å². The molecule has 0 bridgehead atoms. The summed E-state index contributed by atoms with van der Waals surface area (Å²) in [7, 11) is 1.44. The normalized spacial score (nSPS) is 22.6. The second-order valence-corrected chi connectivity index (χ2v) is 5.51. The summed E-state index contributed by atoms with van der Waals surface area (Å²) in [5.41, 5.74) is -0.835. The molecule has 0 heterocycles. The molecule has 0 radical (unpaired) electrons. The number of rotatable bonds is 1. The van der Waals surface area contributed by atoms with Crippen molar-refractivity contribution in [1.82, 2.24) is 0 Å². The van der Waals surface area contributed by atoms with Crippen molar-refractivity contribution in [1.29, 1.82) is 0 Å². The molecule has 98 valence electrons. The van der Waals surface area contributed by atoms with Gasteiger partial charge in [0.2, 0.25) is 0 Å². The number of allylic oxidation sites excluding steroid dienone is 4. The van der Waals surface area contributed by atoms with E-state index in [1.807, 2.05) is 0 Å². The number of hydrogen-bond donors (Lipinski definition) is 0. The number of alkyl halides is 3. The van der Waals surface area contributed by atoms with Crippen LogP contribution in [-0.4, -0.2) is 13.3 Å². The van der Waals surface area contributed by atoms with Crippen LogP contribution in [0.25, 0.3) is 0 Å². The molecule has 1 nitrogen and oxygen atoms in total. The molecule has 0 aliphatic heterocycles. The van der Waals surface area contributed by atoms with Gasteiger partial charge in [0.15, 0.2) is 0 Å². The molecule has 0 saturated carbocycles. The van der Waals surface area contributed by atoms with E-state index >= 15 is 0 Å². The first-order valence-electron chi connectivity index (χ1n) is 5.64. The summed E-state index contributed by atoms with van der Waals surface area (Å²) in [6, 6.07) is 0. The van der Waals surface area contributed by atoms with Crippen LogP contribution >= 0.6 is 0 Å². The Bertz CT molecular complexity index is 356. The van der Waals surface area contributed by atoms with Crippen LogP contribution in [0.3, 0.4) is 0 Å². The molecule has 17 heavy (non-hydrogen) atoms. The summed E-state index contributed by atoms with van der Waals surface area (Å²) in [5.74, 6) is 0.312. The fourth-order valence-electron chi connectivity index (χ4n) is 2.22. The van der Waals surface area contributed by atoms with Gasteiger partial charge in [-0.3, -0.25) is 0 Å². The average Bonchev–Trinajstić information content (AvgIpc) is 2.12. The highest BCUT2D eigenvalue weighted by atomic mass is 19.4. The Kier molecular flexibility index (Phi) is 3.65. The lowest BCUT2D eigenvalue weighted by Crippen LogP contribution is -2.27. The summed E-state index contributed by atoms with van der Waals surface area (Å²) in [6.07, 6.45) is -2.48. The molecule has 1 aliphatic carbocycles. The van der Waals surface area contributed by atoms with Gasteiger partial charge in [0.05, 0.1) is 12.7 Å². The van der Waals surface area contributed by atoms with Crippen molar-refractivity contribution < 1.29 is 17.9 Å². The van der Waals surface area contributed by atoms with E-state index in [9.17, 15) is 13.2 Å². The third-order valence-electron chi connectivity index (χ3n) is 2.81. The smallest absolute Gasteiger partial charge is 0.416 e. The van der Waals surface area contributed by atoms with Gasteiger partial charge in [-0.25, -0.2) is 0 Å². The summed E-state index contributed by atoms with van der Waals surface area (Å²) in [5, 5.41) is 0. The van der Waals surface area contributed by atoms with Crippen molar-refractivity contribution in [3.63, 3.8) is 0 Å². The van der Waals surface area contributed by atoms with Crippen molar-refractivity contribution in [2.45, 2.75) is 40.3 Å². The Morgan fingerprint density at radius 1 is 1.24 bits per heavy atom. The fraction of sp³-hybridized carbons (Fsp3) is 0.692. The predicted molar refractivity (Wildman–Crippen MR) is 61.4 cm³/mol. The van der Waals surface area contributed by atoms with Crippen LogP contribution in [-0.2, 0) is 4.74 Å². The third-order valence-corrected chi connectivity index (χ3v) is 2.81. The summed E-state index contributed by atoms with van der Waals surface area (Å²) < 4.78 is 44.3. The standard InChI is InChI=1S/C13H19F3O/c1-8-6-9(13(14,15)16)11(12(2,3)4)10(7-8)17-5/h6,8H,7H2,1-5H3. The predicted octanol–water partition coefficient (Wildman–Crippen LogP) is 4.46. The van der Waals surface area contributed by atoms with Crippen molar-refractivity contribution in [3.05, 3.63) is 23.0 Å². The van der Waals surface area contributed by atoms with E-state index in [-0.39, 0.29) is 11.5 Å². The molecular formula is C13H19F3O. The molecule has 1 aliphatic rings. The van der Waals surface area contributed by atoms with Gasteiger partial charge in [-0.2, -0.15) is 13.2 Å². The molecule has 4 heteroatoms. The summed E-state index contributed by atoms with van der Waals surface area (Å²) >= 11 is 0. The number of hydrogen-bond acceptors (Lipinski definition) is 1. The van der Waals surface area contributed by atoms with Crippen molar-refractivity contribution >= 4 is 0 Å². The molecule has 1 unspecified atom stereocenters. The molecular weight excluding hydrogens is 229 g/mol. The van der Waals surface area contributed by atoms with Gasteiger partial charge in [0.25, 0.3) is 0 Å². The lowest BCUT2D eigenvalue weighted by molar-refractivity contribution is -0.0922. The number of ether oxygens (including phenoxy) is 1. The SMILES string of the molecule is COC1=C(C(C)(C)C)C(C(F)(F)F)=CC(C)C1. The van der Waals surface area contributed by atoms with Crippen molar-refractivity contribution in [3.8, 4) is 0 Å². The maximum absolute atomic E-state index is 13.0. The van der Waals surface area contributed by atoms with Gasteiger partial charge in [0, 0.05) is 12.0 Å². The Morgan fingerprint density at radius 2 is 1.76 bits per heavy atom. The summed E-state index contributed by atoms with van der Waals surface area (Å²) in [4.78, 5) is 0. The number of methoxy groups -OCH3 is 1. The van der Waals surface area contributed by atoms with Crippen molar-refractivity contribution in [2.24, 2.45) is 11.3 Å². The first-order valence-corrected chi connectivity index (χ1v) is 5.64. The fourth-order valence-corrected chi connectivity index (χ4v) is 2.22. The van der Waals surface area contributed by atoms with E-state index in [1.165, 1.54) is 13.2 Å². The molecule has 1 atom stereocenters. The lowest BCUT2D eigenvalue weighted by atomic mass is 9.76. The van der Waals surface area contributed by atoms with E-state index in [2.05, 4.69) is 0 Å². The van der Waals surface area contributed by atoms with Crippen LogP contribution in [0.5, 0.6) is 0 Å². The van der Waals surface area contributed by atoms with E-state index < -0.39 is 17.2 Å². The second-order valence-electron chi connectivity index (χ2n) is 5.51. The van der Waals surface area contributed by atoms with Gasteiger partial charge in [0.1, 0.15) is 5.76 Å². The molecule has 0 amide bonds. The topological polar surface area (TPSA) is 9.23 Å². The minimum atomic E-state index is -4.32. The summed E-state index contributed by atoms with van der Waals surface area (Å²) in [6.45, 7) is 7.09. The molecule has 0 N–H and O–H groups in total. The second kappa shape index (κ2) is 4.39. The van der Waals surface area contributed by atoms with Gasteiger partial charge < -0.3 is 4.74 Å². The first kappa shape index (κ1) is 14.1. The maximum Gasteiger partial charge on any atom is 0.416 e. The van der Waals surface area contributed by atoms with Crippen LogP contribution < -0.4 is 0 Å². The molecule has 0 spiro atoms. The molecule has 0 fully saturated rings. The average molecular weight is 248 g/mol. The first-order chi connectivity index (χ1) is 7.57. The van der Waals surface area contributed by atoms with Crippen molar-refractivity contribution in [2.75, 3.05) is 7.11 Å². The van der Waals surface area contributed by atoms with Crippen LogP contribution in [0.1, 0.15) is 34.1 Å². The highest BCUT2D eigenvalue weighted by Gasteiger charge is 2.43. The monoisotopic (exact) mass is 248 g/mol. The van der Waals surface area contributed by atoms with Crippen LogP contribution in [0.15, 0.2) is 23.0 Å². The van der Waals surface area contributed by atoms with E-state index in [4.69, 9.17) is 4.74 Å². The lowest BCUT2D eigenvalue weighted by Gasteiger charge is -2.33. The molecule has 0 aromatic heterocycles. The van der Waals surface area contributed by atoms with E-state index in [0.717, 1.165) is 0 Å². The van der Waals surface area contributed by atoms with Crippen LogP contribution in [0.2, 0.25) is 0 Å². The van der Waals surface area contributed by atoms with E-state index in [0.29, 0.717) is 12.2 Å². The van der Waals surface area contributed by atoms with Gasteiger partial charge in [-0.15, -0.1) is 0 Å². The minimum Gasteiger partial charge on any atom is -0.501 e. The molecule has 0 aromatic rings. The Hall–Kier alpha value is -0.930. The van der Waals surface area contributed by atoms with Crippen LogP contribution in [0, 0.1) is 11.3 Å². The Morgan fingerprint density at radius 3 is 2.12 bits per heavy atom. The Labute approximate surface area is 100 Å². The zero-order valence-electron chi connectivity index (χ0n) is 10.9. The van der Waals surface area contributed by atoms with Gasteiger partial charge in [-0.1, -0.05) is 33.8 Å². The quantitative estimate of drug-likeness (QED) is 0.665. The van der Waals surface area contributed by atoms with Gasteiger partial charge in [-0.05, 0) is 11.3 Å². The number of halogens is 3. The largest absolute Gasteiger partial charge is 0.501 e. The molecule has 0 saturated heterocycles. The molecule has 0 aromatic carbocycles. The zero-order valence-corrected chi connectivity index (χ0v) is 10.9.